The Labute approximate surface area is 201 Å². The van der Waals surface area contributed by atoms with Crippen molar-refractivity contribution in [3.63, 3.8) is 0 Å². The van der Waals surface area contributed by atoms with Gasteiger partial charge in [-0.3, -0.25) is 4.79 Å². The normalized spacial score (nSPS) is 23.5. The van der Waals surface area contributed by atoms with Crippen molar-refractivity contribution in [1.82, 2.24) is 19.6 Å². The second-order valence-corrected chi connectivity index (χ2v) is 15.2. The van der Waals surface area contributed by atoms with E-state index in [9.17, 15) is 9.90 Å². The standard InChI is InChI=1S/C25H34N4O4Si/c1-7-19-21(31)23(33-34(5,6)25(2,3)4)22(32-19)17-14-28-29-20(26-15-27-24(17)29)13-18(30)16-11-9-8-10-12-16/h8-12,14-15,19,21-23,31H,7,13H2,1-6H3/t19-,21-,22+,23-/m1/s1. The first kappa shape index (κ1) is 24.7. The van der Waals surface area contributed by atoms with Crippen LogP contribution in [0, 0.1) is 0 Å². The van der Waals surface area contributed by atoms with E-state index in [1.165, 1.54) is 6.33 Å². The number of rotatable bonds is 7. The third-order valence-electron chi connectivity index (χ3n) is 7.10. The number of ketones is 1. The van der Waals surface area contributed by atoms with Gasteiger partial charge in [-0.2, -0.15) is 5.10 Å². The Morgan fingerprint density at radius 2 is 1.91 bits per heavy atom. The van der Waals surface area contributed by atoms with Gasteiger partial charge in [0, 0.05) is 11.1 Å². The number of carbonyl (C=O) groups is 1. The van der Waals surface area contributed by atoms with Gasteiger partial charge < -0.3 is 14.3 Å². The fourth-order valence-corrected chi connectivity index (χ4v) is 5.34. The Balaban J connectivity index is 1.68. The van der Waals surface area contributed by atoms with Gasteiger partial charge in [0.05, 0.1) is 18.7 Å². The lowest BCUT2D eigenvalue weighted by Gasteiger charge is -2.40. The van der Waals surface area contributed by atoms with E-state index in [4.69, 9.17) is 9.16 Å². The molecule has 0 amide bonds. The van der Waals surface area contributed by atoms with Crippen LogP contribution in [0.2, 0.25) is 18.1 Å². The second kappa shape index (κ2) is 9.29. The molecule has 0 aliphatic carbocycles. The topological polar surface area (TPSA) is 98.8 Å². The Hall–Kier alpha value is -2.46. The van der Waals surface area contributed by atoms with E-state index in [-0.39, 0.29) is 23.3 Å². The van der Waals surface area contributed by atoms with Crippen molar-refractivity contribution in [3.8, 4) is 0 Å². The number of nitrogens with zero attached hydrogens (tertiary/aromatic N) is 4. The highest BCUT2D eigenvalue weighted by atomic mass is 28.4. The van der Waals surface area contributed by atoms with Crippen LogP contribution in [0.1, 0.15) is 62.0 Å². The number of aliphatic hydroxyl groups is 1. The maximum absolute atomic E-state index is 12.8. The lowest BCUT2D eigenvalue weighted by atomic mass is 10.0. The summed E-state index contributed by atoms with van der Waals surface area (Å²) in [6.07, 6.45) is 1.77. The molecule has 1 fully saturated rings. The summed E-state index contributed by atoms with van der Waals surface area (Å²) in [4.78, 5) is 21.6. The van der Waals surface area contributed by atoms with Crippen molar-refractivity contribution in [3.05, 3.63) is 59.8 Å². The molecule has 0 saturated carbocycles. The molecule has 8 nitrogen and oxygen atoms in total. The molecule has 1 N–H and O–H groups in total. The molecule has 0 bridgehead atoms. The van der Waals surface area contributed by atoms with Crippen LogP contribution in [0.25, 0.3) is 5.65 Å². The molecule has 182 valence electrons. The van der Waals surface area contributed by atoms with E-state index in [2.05, 4.69) is 48.9 Å². The van der Waals surface area contributed by atoms with Crippen LogP contribution in [-0.2, 0) is 15.6 Å². The first-order valence-corrected chi connectivity index (χ1v) is 14.7. The largest absolute Gasteiger partial charge is 0.408 e. The van der Waals surface area contributed by atoms with Gasteiger partial charge in [-0.25, -0.2) is 14.5 Å². The molecular formula is C25H34N4O4Si. The molecular weight excluding hydrogens is 448 g/mol. The van der Waals surface area contributed by atoms with E-state index < -0.39 is 26.6 Å². The molecule has 4 atom stereocenters. The smallest absolute Gasteiger partial charge is 0.192 e. The highest BCUT2D eigenvalue weighted by Gasteiger charge is 2.50. The van der Waals surface area contributed by atoms with Crippen LogP contribution in [0.15, 0.2) is 42.9 Å². The first-order chi connectivity index (χ1) is 16.0. The van der Waals surface area contributed by atoms with E-state index in [0.717, 1.165) is 5.56 Å². The number of aromatic nitrogens is 4. The average Bonchev–Trinajstić information content (AvgIpc) is 3.35. The average molecular weight is 483 g/mol. The van der Waals surface area contributed by atoms with Crippen molar-refractivity contribution in [2.24, 2.45) is 0 Å². The molecule has 34 heavy (non-hydrogen) atoms. The predicted octanol–water partition coefficient (Wildman–Crippen LogP) is 4.15. The summed E-state index contributed by atoms with van der Waals surface area (Å²) in [5.74, 6) is 0.452. The molecule has 9 heteroatoms. The summed E-state index contributed by atoms with van der Waals surface area (Å²) < 4.78 is 14.6. The quantitative estimate of drug-likeness (QED) is 0.399. The zero-order valence-corrected chi connectivity index (χ0v) is 21.7. The minimum atomic E-state index is -2.19. The minimum Gasteiger partial charge on any atom is -0.408 e. The van der Waals surface area contributed by atoms with Crippen LogP contribution >= 0.6 is 0 Å². The number of benzene rings is 1. The number of carbonyl (C=O) groups excluding carboxylic acids is 1. The molecule has 3 heterocycles. The Morgan fingerprint density at radius 1 is 1.21 bits per heavy atom. The number of hydrogen-bond donors (Lipinski definition) is 1. The molecule has 0 radical (unpaired) electrons. The Bertz CT molecular complexity index is 1160. The van der Waals surface area contributed by atoms with Gasteiger partial charge in [0.1, 0.15) is 30.5 Å². The lowest BCUT2D eigenvalue weighted by molar-refractivity contribution is 0.00682. The summed E-state index contributed by atoms with van der Waals surface area (Å²) in [6, 6.07) is 9.13. The van der Waals surface area contributed by atoms with Gasteiger partial charge in [-0.15, -0.1) is 0 Å². The summed E-state index contributed by atoms with van der Waals surface area (Å²) in [5, 5.41) is 15.6. The van der Waals surface area contributed by atoms with Crippen molar-refractivity contribution in [2.75, 3.05) is 0 Å². The Morgan fingerprint density at radius 3 is 2.56 bits per heavy atom. The summed E-state index contributed by atoms with van der Waals surface area (Å²) >= 11 is 0. The zero-order chi connectivity index (χ0) is 24.7. The minimum absolute atomic E-state index is 0.0181. The molecule has 2 aromatic heterocycles. The van der Waals surface area contributed by atoms with E-state index in [1.807, 2.05) is 25.1 Å². The van der Waals surface area contributed by atoms with Crippen LogP contribution in [0.5, 0.6) is 0 Å². The molecule has 0 spiro atoms. The molecule has 0 unspecified atom stereocenters. The van der Waals surface area contributed by atoms with E-state index in [0.29, 0.717) is 23.5 Å². The van der Waals surface area contributed by atoms with Crippen LogP contribution in [0.3, 0.4) is 0 Å². The van der Waals surface area contributed by atoms with E-state index in [1.54, 1.807) is 22.8 Å². The number of ether oxygens (including phenoxy) is 1. The number of aliphatic hydroxyl groups excluding tert-OH is 1. The van der Waals surface area contributed by atoms with Gasteiger partial charge in [0.25, 0.3) is 0 Å². The summed E-state index contributed by atoms with van der Waals surface area (Å²) in [6.45, 7) is 12.8. The molecule has 4 rings (SSSR count). The highest BCUT2D eigenvalue weighted by Crippen LogP contribution is 2.44. The number of Topliss-reactive ketones (excluding diaryl/α,β-unsaturated/α-hetero) is 1. The van der Waals surface area contributed by atoms with Crippen molar-refractivity contribution >= 4 is 19.7 Å². The van der Waals surface area contributed by atoms with Crippen molar-refractivity contribution < 1.29 is 19.1 Å². The third-order valence-corrected chi connectivity index (χ3v) is 11.6. The van der Waals surface area contributed by atoms with Crippen molar-refractivity contribution in [2.45, 2.75) is 83.1 Å². The fraction of sp³-hybridized carbons (Fsp3) is 0.520. The van der Waals surface area contributed by atoms with Gasteiger partial charge in [-0.1, -0.05) is 58.0 Å². The highest BCUT2D eigenvalue weighted by molar-refractivity contribution is 6.74. The maximum Gasteiger partial charge on any atom is 0.192 e. The zero-order valence-electron chi connectivity index (χ0n) is 20.7. The number of hydrogen-bond acceptors (Lipinski definition) is 7. The molecule has 1 saturated heterocycles. The molecule has 3 aromatic rings. The molecule has 1 aliphatic rings. The van der Waals surface area contributed by atoms with Crippen LogP contribution < -0.4 is 0 Å². The molecule has 1 aliphatic heterocycles. The van der Waals surface area contributed by atoms with Crippen LogP contribution in [-0.4, -0.2) is 57.1 Å². The van der Waals surface area contributed by atoms with E-state index >= 15 is 0 Å². The van der Waals surface area contributed by atoms with Crippen molar-refractivity contribution in [1.29, 1.82) is 0 Å². The SMILES string of the molecule is CC[C@H]1O[C@@H](c2cnn3c(CC(=O)c4ccccc4)ncnc23)[C@H](O[Si](C)(C)C(C)(C)C)[C@@H]1O. The van der Waals surface area contributed by atoms with Gasteiger partial charge in [-0.05, 0) is 24.6 Å². The number of fused-ring (bicyclic) bond motifs is 1. The van der Waals surface area contributed by atoms with Gasteiger partial charge >= 0.3 is 0 Å². The monoisotopic (exact) mass is 482 g/mol. The molecule has 1 aromatic carbocycles. The van der Waals surface area contributed by atoms with Gasteiger partial charge in [0.15, 0.2) is 19.7 Å². The fourth-order valence-electron chi connectivity index (χ4n) is 4.04. The predicted molar refractivity (Wildman–Crippen MR) is 131 cm³/mol. The second-order valence-electron chi connectivity index (χ2n) is 10.4. The van der Waals surface area contributed by atoms with Crippen LogP contribution in [0.4, 0.5) is 0 Å². The third kappa shape index (κ3) is 4.57. The first-order valence-electron chi connectivity index (χ1n) is 11.8. The van der Waals surface area contributed by atoms with Gasteiger partial charge in [0.2, 0.25) is 0 Å². The summed E-state index contributed by atoms with van der Waals surface area (Å²) in [7, 11) is -2.19. The maximum atomic E-state index is 12.8. The summed E-state index contributed by atoms with van der Waals surface area (Å²) in [5.41, 5.74) is 1.91. The lowest BCUT2D eigenvalue weighted by Crippen LogP contribution is -2.48. The Kier molecular flexibility index (Phi) is 6.74.